The van der Waals surface area contributed by atoms with E-state index in [0.29, 0.717) is 22.4 Å². The van der Waals surface area contributed by atoms with E-state index >= 15 is 0 Å². The number of hydrogen-bond donors (Lipinski definition) is 2. The zero-order chi connectivity index (χ0) is 31.2. The fraction of sp³-hybridized carbons (Fsp3) is 0.182. The first-order valence-corrected chi connectivity index (χ1v) is 14.4. The quantitative estimate of drug-likeness (QED) is 0.204. The summed E-state index contributed by atoms with van der Waals surface area (Å²) in [5.74, 6) is -2.17. The van der Waals surface area contributed by atoms with Gasteiger partial charge in [0.25, 0.3) is 0 Å². The monoisotopic (exact) mass is 612 g/mol. The van der Waals surface area contributed by atoms with Crippen LogP contribution in [0.3, 0.4) is 0 Å². The molecule has 224 valence electrons. The Labute approximate surface area is 258 Å². The Kier molecular flexibility index (Phi) is 9.30. The van der Waals surface area contributed by atoms with Crippen LogP contribution >= 0.6 is 11.6 Å². The highest BCUT2D eigenvalue weighted by Gasteiger charge is 2.34. The van der Waals surface area contributed by atoms with Crippen molar-refractivity contribution in [3.63, 3.8) is 0 Å². The summed E-state index contributed by atoms with van der Waals surface area (Å²) < 4.78 is 16.3. The SMILES string of the molecule is CC(C)C(=O)Nc1ccc(N(C(=O)Cn2nnc3ccccc32)C(C(=O)NCc2ccccc2)c2ccc(Cl)c(F)c2)cc1. The number of carbonyl (C=O) groups is 3. The van der Waals surface area contributed by atoms with E-state index in [-0.39, 0.29) is 35.5 Å². The maximum absolute atomic E-state index is 14.8. The van der Waals surface area contributed by atoms with E-state index in [2.05, 4.69) is 20.9 Å². The van der Waals surface area contributed by atoms with Crippen molar-refractivity contribution in [2.75, 3.05) is 10.2 Å². The molecule has 0 saturated heterocycles. The van der Waals surface area contributed by atoms with Crippen LogP contribution in [-0.2, 0) is 27.5 Å². The molecule has 1 aromatic heterocycles. The predicted octanol–water partition coefficient (Wildman–Crippen LogP) is 5.91. The summed E-state index contributed by atoms with van der Waals surface area (Å²) in [5.41, 5.74) is 3.16. The average molecular weight is 613 g/mol. The van der Waals surface area contributed by atoms with Gasteiger partial charge in [0.15, 0.2) is 0 Å². The summed E-state index contributed by atoms with van der Waals surface area (Å²) in [4.78, 5) is 41.8. The lowest BCUT2D eigenvalue weighted by Gasteiger charge is -2.32. The molecule has 0 fully saturated rings. The van der Waals surface area contributed by atoms with Gasteiger partial charge in [0, 0.05) is 23.8 Å². The number of nitrogens with one attached hydrogen (secondary N) is 2. The van der Waals surface area contributed by atoms with E-state index in [0.717, 1.165) is 11.6 Å². The third-order valence-corrected chi connectivity index (χ3v) is 7.29. The summed E-state index contributed by atoms with van der Waals surface area (Å²) >= 11 is 5.99. The Balaban J connectivity index is 1.56. The lowest BCUT2D eigenvalue weighted by atomic mass is 10.0. The second kappa shape index (κ2) is 13.5. The second-order valence-electron chi connectivity index (χ2n) is 10.5. The van der Waals surface area contributed by atoms with Gasteiger partial charge < -0.3 is 10.6 Å². The fourth-order valence-electron chi connectivity index (χ4n) is 4.65. The van der Waals surface area contributed by atoms with Crippen molar-refractivity contribution in [1.29, 1.82) is 0 Å². The number of anilines is 2. The molecule has 0 radical (unpaired) electrons. The number of hydrogen-bond acceptors (Lipinski definition) is 5. The van der Waals surface area contributed by atoms with Gasteiger partial charge in [-0.15, -0.1) is 5.10 Å². The molecule has 5 rings (SSSR count). The molecule has 0 bridgehead atoms. The molecule has 1 atom stereocenters. The van der Waals surface area contributed by atoms with Crippen LogP contribution in [-0.4, -0.2) is 32.7 Å². The molecule has 4 aromatic carbocycles. The predicted molar refractivity (Wildman–Crippen MR) is 167 cm³/mol. The Bertz CT molecular complexity index is 1790. The smallest absolute Gasteiger partial charge is 0.249 e. The summed E-state index contributed by atoms with van der Waals surface area (Å²) in [7, 11) is 0. The van der Waals surface area contributed by atoms with Gasteiger partial charge in [0.1, 0.15) is 23.9 Å². The highest BCUT2D eigenvalue weighted by atomic mass is 35.5. The number of para-hydroxylation sites is 1. The number of fused-ring (bicyclic) bond motifs is 1. The molecular weight excluding hydrogens is 583 g/mol. The van der Waals surface area contributed by atoms with Crippen LogP contribution in [0.5, 0.6) is 0 Å². The number of carbonyl (C=O) groups excluding carboxylic acids is 3. The minimum Gasteiger partial charge on any atom is -0.350 e. The molecule has 0 aliphatic heterocycles. The maximum Gasteiger partial charge on any atom is 0.249 e. The van der Waals surface area contributed by atoms with Crippen LogP contribution in [0, 0.1) is 11.7 Å². The summed E-state index contributed by atoms with van der Waals surface area (Å²) in [5, 5.41) is 13.9. The number of amides is 3. The van der Waals surface area contributed by atoms with Crippen LogP contribution in [0.1, 0.15) is 31.0 Å². The highest BCUT2D eigenvalue weighted by Crippen LogP contribution is 2.31. The minimum absolute atomic E-state index is 0.116. The third-order valence-electron chi connectivity index (χ3n) is 6.99. The van der Waals surface area contributed by atoms with Crippen molar-refractivity contribution < 1.29 is 18.8 Å². The molecule has 0 spiro atoms. The number of halogens is 2. The molecule has 9 nitrogen and oxygen atoms in total. The van der Waals surface area contributed by atoms with E-state index in [1.165, 1.54) is 21.7 Å². The summed E-state index contributed by atoms with van der Waals surface area (Å²) in [6, 6.07) is 25.7. The topological polar surface area (TPSA) is 109 Å². The van der Waals surface area contributed by atoms with E-state index in [1.54, 1.807) is 50.2 Å². The first-order valence-electron chi connectivity index (χ1n) is 14.0. The van der Waals surface area contributed by atoms with Gasteiger partial charge in [-0.25, -0.2) is 9.07 Å². The summed E-state index contributed by atoms with van der Waals surface area (Å²) in [6.45, 7) is 3.48. The molecular formula is C33H30ClFN6O3. The molecule has 1 unspecified atom stereocenters. The molecule has 2 N–H and O–H groups in total. The Morgan fingerprint density at radius 2 is 1.61 bits per heavy atom. The van der Waals surface area contributed by atoms with Crippen LogP contribution in [0.4, 0.5) is 15.8 Å². The maximum atomic E-state index is 14.8. The van der Waals surface area contributed by atoms with Gasteiger partial charge >= 0.3 is 0 Å². The van der Waals surface area contributed by atoms with E-state index in [4.69, 9.17) is 11.6 Å². The van der Waals surface area contributed by atoms with Gasteiger partial charge in [-0.2, -0.15) is 0 Å². The van der Waals surface area contributed by atoms with Crippen molar-refractivity contribution in [2.45, 2.75) is 33.0 Å². The first-order chi connectivity index (χ1) is 21.2. The molecule has 0 aliphatic carbocycles. The Hall–Kier alpha value is -5.09. The molecule has 5 aromatic rings. The molecule has 3 amide bonds. The van der Waals surface area contributed by atoms with Gasteiger partial charge in [-0.3, -0.25) is 19.3 Å². The first kappa shape index (κ1) is 30.4. The van der Waals surface area contributed by atoms with Crippen molar-refractivity contribution in [3.8, 4) is 0 Å². The minimum atomic E-state index is -1.29. The number of nitrogens with zero attached hydrogens (tertiary/aromatic N) is 4. The molecule has 0 aliphatic rings. The van der Waals surface area contributed by atoms with Gasteiger partial charge in [0.05, 0.1) is 10.5 Å². The highest BCUT2D eigenvalue weighted by molar-refractivity contribution is 6.30. The normalized spacial score (nSPS) is 11.8. The van der Waals surface area contributed by atoms with Crippen molar-refractivity contribution >= 4 is 51.7 Å². The van der Waals surface area contributed by atoms with Crippen LogP contribution in [0.15, 0.2) is 97.1 Å². The van der Waals surface area contributed by atoms with Crippen LogP contribution in [0.25, 0.3) is 11.0 Å². The van der Waals surface area contributed by atoms with Gasteiger partial charge in [0.2, 0.25) is 17.7 Å². The number of aromatic nitrogens is 3. The number of rotatable bonds is 10. The van der Waals surface area contributed by atoms with E-state index in [9.17, 15) is 18.8 Å². The van der Waals surface area contributed by atoms with E-state index in [1.807, 2.05) is 42.5 Å². The molecule has 44 heavy (non-hydrogen) atoms. The average Bonchev–Trinajstić information content (AvgIpc) is 3.43. The standard InChI is InChI=1S/C33H30ClFN6O3/c1-21(2)32(43)37-24-13-15-25(16-14-24)41(30(42)20-40-29-11-7-6-10-28(29)38-39-40)31(23-12-17-26(34)27(35)18-23)33(44)36-19-22-8-4-3-5-9-22/h3-18,21,31H,19-20H2,1-2H3,(H,36,44)(H,37,43). The number of benzene rings is 4. The second-order valence-corrected chi connectivity index (χ2v) is 10.9. The van der Waals surface area contributed by atoms with Crippen molar-refractivity contribution in [1.82, 2.24) is 20.3 Å². The largest absolute Gasteiger partial charge is 0.350 e. The van der Waals surface area contributed by atoms with E-state index < -0.39 is 23.7 Å². The third kappa shape index (κ3) is 6.92. The molecule has 1 heterocycles. The van der Waals surface area contributed by atoms with Crippen molar-refractivity contribution in [3.05, 3.63) is 119 Å². The zero-order valence-electron chi connectivity index (χ0n) is 24.1. The van der Waals surface area contributed by atoms with Crippen molar-refractivity contribution in [2.24, 2.45) is 5.92 Å². The van der Waals surface area contributed by atoms with Gasteiger partial charge in [-0.1, -0.05) is 79.2 Å². The van der Waals surface area contributed by atoms with Gasteiger partial charge in [-0.05, 0) is 59.7 Å². The molecule has 0 saturated carbocycles. The Morgan fingerprint density at radius 1 is 0.909 bits per heavy atom. The zero-order valence-corrected chi connectivity index (χ0v) is 24.8. The molecule has 11 heteroatoms. The van der Waals surface area contributed by atoms with Crippen LogP contribution in [0.2, 0.25) is 5.02 Å². The fourth-order valence-corrected chi connectivity index (χ4v) is 4.77. The lowest BCUT2D eigenvalue weighted by molar-refractivity contribution is -0.127. The Morgan fingerprint density at radius 3 is 2.32 bits per heavy atom. The van der Waals surface area contributed by atoms with Crippen LogP contribution < -0.4 is 15.5 Å². The summed E-state index contributed by atoms with van der Waals surface area (Å²) in [6.07, 6.45) is 0. The lowest BCUT2D eigenvalue weighted by Crippen LogP contribution is -2.45.